The van der Waals surface area contributed by atoms with E-state index in [1.54, 1.807) is 0 Å². The van der Waals surface area contributed by atoms with Crippen molar-refractivity contribution in [1.82, 2.24) is 0 Å². The van der Waals surface area contributed by atoms with Crippen LogP contribution >= 0.6 is 0 Å². The lowest BCUT2D eigenvalue weighted by Crippen LogP contribution is -2.38. The van der Waals surface area contributed by atoms with Gasteiger partial charge in [-0.25, -0.2) is 26.3 Å². The Labute approximate surface area is 106 Å². The van der Waals surface area contributed by atoms with E-state index in [-0.39, 0.29) is 0 Å². The zero-order chi connectivity index (χ0) is 16.4. The molecule has 20 heavy (non-hydrogen) atoms. The van der Waals surface area contributed by atoms with E-state index in [0.29, 0.717) is 0 Å². The smallest absolute Gasteiger partial charge is 0.394 e. The quantitative estimate of drug-likeness (QED) is 0.717. The van der Waals surface area contributed by atoms with Crippen LogP contribution < -0.4 is 0 Å². The second kappa shape index (κ2) is 5.68. The average Bonchev–Trinajstić information content (AvgIpc) is 1.86. The fourth-order valence-electron chi connectivity index (χ4n) is 1.46. The normalized spacial score (nSPS) is 14.4. The molecule has 0 unspecified atom stereocenters. The molecule has 0 amide bonds. The van der Waals surface area contributed by atoms with Crippen molar-refractivity contribution in [3.8, 4) is 0 Å². The highest BCUT2D eigenvalue weighted by atomic mass is 19.4. The van der Waals surface area contributed by atoms with Crippen molar-refractivity contribution < 1.29 is 49.4 Å². The van der Waals surface area contributed by atoms with Crippen molar-refractivity contribution in [2.45, 2.75) is 49.6 Å². The number of carboxylic acids is 1. The fourth-order valence-corrected chi connectivity index (χ4v) is 1.46. The van der Waals surface area contributed by atoms with Gasteiger partial charge in [0, 0.05) is 0 Å². The lowest BCUT2D eigenvalue weighted by atomic mass is 9.99. The highest BCUT2D eigenvalue weighted by Gasteiger charge is 2.53. The van der Waals surface area contributed by atoms with E-state index < -0.39 is 55.6 Å². The maximum absolute atomic E-state index is 12.9. The van der Waals surface area contributed by atoms with Crippen molar-refractivity contribution in [2.24, 2.45) is 0 Å². The molecule has 0 atom stereocenters. The Bertz CT molecular complexity index is 348. The largest absolute Gasteiger partial charge is 0.481 e. The molecule has 0 bridgehead atoms. The van der Waals surface area contributed by atoms with Gasteiger partial charge in [0.2, 0.25) is 0 Å². The van der Waals surface area contributed by atoms with Gasteiger partial charge < -0.3 is 5.11 Å². The minimum absolute atomic E-state index is 2.03. The SMILES string of the molecule is O=C(O)CC(F)(F)CC(F)(F)CC(F)(F)CC(F)(F)F. The third-order valence-electron chi connectivity index (χ3n) is 1.90. The molecule has 0 aromatic rings. The van der Waals surface area contributed by atoms with Gasteiger partial charge in [0.05, 0.1) is 12.8 Å². The van der Waals surface area contributed by atoms with E-state index in [2.05, 4.69) is 0 Å². The topological polar surface area (TPSA) is 37.3 Å². The highest BCUT2D eigenvalue weighted by Crippen LogP contribution is 2.43. The molecule has 120 valence electrons. The molecule has 0 saturated carbocycles. The third kappa shape index (κ3) is 8.86. The monoisotopic (exact) mass is 320 g/mol. The standard InChI is InChI=1S/C9H9F9O2/c10-6(11,1-5(19)20)2-7(12,13)3-8(14,15)4-9(16,17)18/h1-4H2,(H,19,20). The van der Waals surface area contributed by atoms with Gasteiger partial charge in [0.1, 0.15) is 12.8 Å². The van der Waals surface area contributed by atoms with Crippen LogP contribution in [0.5, 0.6) is 0 Å². The molecule has 0 spiro atoms. The van der Waals surface area contributed by atoms with Crippen LogP contribution in [-0.2, 0) is 4.79 Å². The Hall–Kier alpha value is -1.16. The van der Waals surface area contributed by atoms with Crippen LogP contribution in [-0.4, -0.2) is 35.0 Å². The van der Waals surface area contributed by atoms with Crippen LogP contribution in [0.2, 0.25) is 0 Å². The van der Waals surface area contributed by atoms with E-state index in [0.717, 1.165) is 0 Å². The number of hydrogen-bond donors (Lipinski definition) is 1. The third-order valence-corrected chi connectivity index (χ3v) is 1.90. The van der Waals surface area contributed by atoms with Crippen molar-refractivity contribution in [3.63, 3.8) is 0 Å². The zero-order valence-corrected chi connectivity index (χ0v) is 9.59. The summed E-state index contributed by atoms with van der Waals surface area (Å²) in [5.74, 6) is -16.4. The van der Waals surface area contributed by atoms with Gasteiger partial charge in [-0.05, 0) is 0 Å². The molecule has 0 aliphatic carbocycles. The summed E-state index contributed by atoms with van der Waals surface area (Å²) in [7, 11) is 0. The summed E-state index contributed by atoms with van der Waals surface area (Å²) >= 11 is 0. The Morgan fingerprint density at radius 3 is 1.40 bits per heavy atom. The predicted molar refractivity (Wildman–Crippen MR) is 47.0 cm³/mol. The minimum Gasteiger partial charge on any atom is -0.481 e. The van der Waals surface area contributed by atoms with Crippen LogP contribution in [0, 0.1) is 0 Å². The summed E-state index contributed by atoms with van der Waals surface area (Å²) in [4.78, 5) is 9.95. The van der Waals surface area contributed by atoms with Gasteiger partial charge in [-0.15, -0.1) is 0 Å². The molecule has 0 radical (unpaired) electrons. The molecular formula is C9H9F9O2. The van der Waals surface area contributed by atoms with Crippen molar-refractivity contribution in [3.05, 3.63) is 0 Å². The first-order valence-corrected chi connectivity index (χ1v) is 4.96. The summed E-state index contributed by atoms with van der Waals surface area (Å²) in [6.45, 7) is 0. The number of aliphatic carboxylic acids is 1. The van der Waals surface area contributed by atoms with E-state index in [9.17, 15) is 44.3 Å². The van der Waals surface area contributed by atoms with Crippen LogP contribution in [0.3, 0.4) is 0 Å². The van der Waals surface area contributed by atoms with Crippen LogP contribution in [0.15, 0.2) is 0 Å². The number of rotatable bonds is 7. The lowest BCUT2D eigenvalue weighted by Gasteiger charge is -2.26. The number of hydrogen-bond acceptors (Lipinski definition) is 1. The Balaban J connectivity index is 4.77. The number of alkyl halides is 9. The Morgan fingerprint density at radius 2 is 1.05 bits per heavy atom. The Kier molecular flexibility index (Phi) is 5.35. The number of halogens is 9. The van der Waals surface area contributed by atoms with Crippen molar-refractivity contribution in [1.29, 1.82) is 0 Å². The maximum Gasteiger partial charge on any atom is 0.394 e. The first-order valence-electron chi connectivity index (χ1n) is 4.96. The molecule has 2 nitrogen and oxygen atoms in total. The molecule has 0 fully saturated rings. The van der Waals surface area contributed by atoms with Gasteiger partial charge in [-0.2, -0.15) is 13.2 Å². The zero-order valence-electron chi connectivity index (χ0n) is 9.59. The molecular weight excluding hydrogens is 311 g/mol. The van der Waals surface area contributed by atoms with E-state index in [4.69, 9.17) is 5.11 Å². The second-order valence-corrected chi connectivity index (χ2v) is 4.28. The van der Waals surface area contributed by atoms with Crippen molar-refractivity contribution in [2.75, 3.05) is 0 Å². The summed E-state index contributed by atoms with van der Waals surface area (Å²) in [5, 5.41) is 8.01. The first kappa shape index (κ1) is 18.8. The summed E-state index contributed by atoms with van der Waals surface area (Å²) in [6, 6.07) is 0. The molecule has 0 rings (SSSR count). The first-order chi connectivity index (χ1) is 8.54. The fraction of sp³-hybridized carbons (Fsp3) is 0.889. The van der Waals surface area contributed by atoms with E-state index in [1.807, 2.05) is 0 Å². The molecule has 0 heterocycles. The van der Waals surface area contributed by atoms with Gasteiger partial charge in [-0.3, -0.25) is 4.79 Å². The van der Waals surface area contributed by atoms with Gasteiger partial charge in [0.25, 0.3) is 17.8 Å². The summed E-state index contributed by atoms with van der Waals surface area (Å²) in [5.41, 5.74) is 0. The maximum atomic E-state index is 12.9. The van der Waals surface area contributed by atoms with Crippen molar-refractivity contribution >= 4 is 5.97 Å². The van der Waals surface area contributed by atoms with Gasteiger partial charge in [0.15, 0.2) is 0 Å². The lowest BCUT2D eigenvalue weighted by molar-refractivity contribution is -0.213. The number of carboxylic acid groups (broad SMARTS) is 1. The second-order valence-electron chi connectivity index (χ2n) is 4.28. The molecule has 1 N–H and O–H groups in total. The van der Waals surface area contributed by atoms with E-state index >= 15 is 0 Å². The predicted octanol–water partition coefficient (Wildman–Crippen LogP) is 4.10. The van der Waals surface area contributed by atoms with Crippen LogP contribution in [0.1, 0.15) is 25.7 Å². The molecule has 0 aromatic heterocycles. The summed E-state index contributed by atoms with van der Waals surface area (Å²) < 4.78 is 112. The molecule has 11 heteroatoms. The van der Waals surface area contributed by atoms with Crippen LogP contribution in [0.4, 0.5) is 39.5 Å². The van der Waals surface area contributed by atoms with Crippen LogP contribution in [0.25, 0.3) is 0 Å². The van der Waals surface area contributed by atoms with Gasteiger partial charge in [-0.1, -0.05) is 0 Å². The summed E-state index contributed by atoms with van der Waals surface area (Å²) in [6.07, 6.45) is -15.7. The van der Waals surface area contributed by atoms with Gasteiger partial charge >= 0.3 is 12.1 Å². The Morgan fingerprint density at radius 1 is 0.700 bits per heavy atom. The molecule has 0 aromatic carbocycles. The number of carbonyl (C=O) groups is 1. The molecule has 0 aliphatic rings. The highest BCUT2D eigenvalue weighted by molar-refractivity contribution is 5.67. The van der Waals surface area contributed by atoms with E-state index in [1.165, 1.54) is 0 Å². The minimum atomic E-state index is -5.44. The average molecular weight is 320 g/mol. The molecule has 0 aliphatic heterocycles. The molecule has 0 saturated heterocycles.